The molecule has 1 aromatic carbocycles. The molecular weight excluding hydrogens is 332 g/mol. The van der Waals surface area contributed by atoms with E-state index in [0.29, 0.717) is 24.0 Å². The number of hydrogen-bond donors (Lipinski definition) is 0. The highest BCUT2D eigenvalue weighted by Gasteiger charge is 2.17. The Morgan fingerprint density at radius 3 is 2.90 bits per heavy atom. The second-order valence-electron chi connectivity index (χ2n) is 5.32. The van der Waals surface area contributed by atoms with Crippen LogP contribution in [0, 0.1) is 0 Å². The Hall–Kier alpha value is -1.62. The van der Waals surface area contributed by atoms with Gasteiger partial charge in [0, 0.05) is 16.2 Å². The number of benzene rings is 1. The van der Waals surface area contributed by atoms with Crippen molar-refractivity contribution in [3.8, 4) is 5.75 Å². The summed E-state index contributed by atoms with van der Waals surface area (Å²) in [7, 11) is 0. The number of aldehydes is 1. The highest BCUT2D eigenvalue weighted by molar-refractivity contribution is 9.10. The predicted octanol–water partition coefficient (Wildman–Crippen LogP) is 4.15. The number of carbonyl (C=O) groups excluding carboxylic acids is 1. The van der Waals surface area contributed by atoms with Gasteiger partial charge in [-0.3, -0.25) is 9.48 Å². The molecule has 3 rings (SSSR count). The number of carbonyl (C=O) groups is 1. The van der Waals surface area contributed by atoms with Crippen LogP contribution in [-0.2, 0) is 6.61 Å². The molecule has 2 aromatic rings. The average molecular weight is 349 g/mol. The normalized spacial score (nSPS) is 15.3. The van der Waals surface area contributed by atoms with E-state index in [-0.39, 0.29) is 0 Å². The van der Waals surface area contributed by atoms with Crippen LogP contribution in [0.4, 0.5) is 0 Å². The molecule has 1 aliphatic rings. The molecule has 0 saturated heterocycles. The zero-order chi connectivity index (χ0) is 14.7. The Bertz CT molecular complexity index is 633. The fraction of sp³-hybridized carbons (Fsp3) is 0.375. The van der Waals surface area contributed by atoms with Gasteiger partial charge < -0.3 is 4.74 Å². The standard InChI is InChI=1S/C16H17BrN2O2/c17-16-6-5-15(9-12(16)10-20)21-11-13-7-8-19(18-13)14-3-1-2-4-14/h5-10,14H,1-4,11H2. The average Bonchev–Trinajstić information content (AvgIpc) is 3.17. The fourth-order valence-corrected chi connectivity index (χ4v) is 3.03. The summed E-state index contributed by atoms with van der Waals surface area (Å²) in [4.78, 5) is 10.9. The second kappa shape index (κ2) is 6.43. The van der Waals surface area contributed by atoms with Crippen LogP contribution < -0.4 is 4.74 Å². The highest BCUT2D eigenvalue weighted by atomic mass is 79.9. The summed E-state index contributed by atoms with van der Waals surface area (Å²) >= 11 is 3.33. The van der Waals surface area contributed by atoms with Gasteiger partial charge in [-0.15, -0.1) is 0 Å². The van der Waals surface area contributed by atoms with Crippen molar-refractivity contribution in [1.82, 2.24) is 9.78 Å². The maximum absolute atomic E-state index is 10.9. The van der Waals surface area contributed by atoms with Gasteiger partial charge in [-0.25, -0.2) is 0 Å². The summed E-state index contributed by atoms with van der Waals surface area (Å²) in [5.41, 5.74) is 1.50. The van der Waals surface area contributed by atoms with E-state index in [2.05, 4.69) is 25.7 Å². The lowest BCUT2D eigenvalue weighted by atomic mass is 10.2. The molecule has 0 N–H and O–H groups in total. The van der Waals surface area contributed by atoms with E-state index in [9.17, 15) is 4.79 Å². The van der Waals surface area contributed by atoms with Crippen LogP contribution in [0.2, 0.25) is 0 Å². The van der Waals surface area contributed by atoms with E-state index in [1.165, 1.54) is 25.7 Å². The third-order valence-corrected chi connectivity index (χ3v) is 4.57. The Kier molecular flexibility index (Phi) is 4.39. The molecule has 0 amide bonds. The summed E-state index contributed by atoms with van der Waals surface area (Å²) in [5.74, 6) is 0.677. The minimum Gasteiger partial charge on any atom is -0.487 e. The topological polar surface area (TPSA) is 44.1 Å². The number of rotatable bonds is 5. The third-order valence-electron chi connectivity index (χ3n) is 3.84. The first-order valence-electron chi connectivity index (χ1n) is 7.18. The highest BCUT2D eigenvalue weighted by Crippen LogP contribution is 2.29. The molecule has 1 aromatic heterocycles. The molecule has 0 radical (unpaired) electrons. The molecular formula is C16H17BrN2O2. The smallest absolute Gasteiger partial charge is 0.151 e. The van der Waals surface area contributed by atoms with Crippen molar-refractivity contribution in [2.75, 3.05) is 0 Å². The summed E-state index contributed by atoms with van der Waals surface area (Å²) in [5, 5.41) is 4.58. The van der Waals surface area contributed by atoms with E-state index in [1.807, 2.05) is 24.4 Å². The summed E-state index contributed by atoms with van der Waals surface area (Å²) in [6, 6.07) is 7.93. The predicted molar refractivity (Wildman–Crippen MR) is 83.6 cm³/mol. The van der Waals surface area contributed by atoms with E-state index >= 15 is 0 Å². The van der Waals surface area contributed by atoms with Crippen LogP contribution in [0.15, 0.2) is 34.9 Å². The van der Waals surface area contributed by atoms with Gasteiger partial charge in [0.1, 0.15) is 12.4 Å². The first-order chi connectivity index (χ1) is 10.3. The Labute approximate surface area is 132 Å². The Morgan fingerprint density at radius 1 is 1.33 bits per heavy atom. The van der Waals surface area contributed by atoms with Crippen LogP contribution in [-0.4, -0.2) is 16.1 Å². The van der Waals surface area contributed by atoms with Crippen LogP contribution >= 0.6 is 15.9 Å². The molecule has 0 atom stereocenters. The summed E-state index contributed by atoms with van der Waals surface area (Å²) < 4.78 is 8.54. The maximum atomic E-state index is 10.9. The Morgan fingerprint density at radius 2 is 2.14 bits per heavy atom. The first kappa shape index (κ1) is 14.3. The van der Waals surface area contributed by atoms with Gasteiger partial charge >= 0.3 is 0 Å². The molecule has 1 aliphatic carbocycles. The van der Waals surface area contributed by atoms with Gasteiger partial charge in [-0.05, 0) is 37.1 Å². The molecule has 0 spiro atoms. The number of nitrogens with zero attached hydrogens (tertiary/aromatic N) is 2. The van der Waals surface area contributed by atoms with Gasteiger partial charge in [-0.2, -0.15) is 5.10 Å². The molecule has 1 heterocycles. The van der Waals surface area contributed by atoms with Crippen LogP contribution in [0.1, 0.15) is 47.8 Å². The first-order valence-corrected chi connectivity index (χ1v) is 7.97. The zero-order valence-electron chi connectivity index (χ0n) is 11.7. The molecule has 4 nitrogen and oxygen atoms in total. The largest absolute Gasteiger partial charge is 0.487 e. The molecule has 21 heavy (non-hydrogen) atoms. The molecule has 1 saturated carbocycles. The fourth-order valence-electron chi connectivity index (χ4n) is 2.69. The van der Waals surface area contributed by atoms with Gasteiger partial charge in [0.15, 0.2) is 6.29 Å². The minimum atomic E-state index is 0.416. The Balaban J connectivity index is 1.63. The van der Waals surface area contributed by atoms with E-state index in [1.54, 1.807) is 6.07 Å². The third kappa shape index (κ3) is 3.35. The second-order valence-corrected chi connectivity index (χ2v) is 6.17. The van der Waals surface area contributed by atoms with Crippen molar-refractivity contribution in [3.63, 3.8) is 0 Å². The molecule has 1 fully saturated rings. The van der Waals surface area contributed by atoms with Crippen molar-refractivity contribution in [2.45, 2.75) is 38.3 Å². The molecule has 5 heteroatoms. The van der Waals surface area contributed by atoms with Crippen molar-refractivity contribution >= 4 is 22.2 Å². The maximum Gasteiger partial charge on any atom is 0.151 e. The lowest BCUT2D eigenvalue weighted by molar-refractivity contribution is 0.112. The van der Waals surface area contributed by atoms with Gasteiger partial charge in [0.25, 0.3) is 0 Å². The number of ether oxygens (including phenoxy) is 1. The molecule has 0 aliphatic heterocycles. The van der Waals surface area contributed by atoms with Crippen LogP contribution in [0.5, 0.6) is 5.75 Å². The molecule has 0 unspecified atom stereocenters. The van der Waals surface area contributed by atoms with E-state index in [4.69, 9.17) is 4.74 Å². The quantitative estimate of drug-likeness (QED) is 0.762. The van der Waals surface area contributed by atoms with E-state index < -0.39 is 0 Å². The van der Waals surface area contributed by atoms with Crippen molar-refractivity contribution in [2.24, 2.45) is 0 Å². The minimum absolute atomic E-state index is 0.416. The van der Waals surface area contributed by atoms with Crippen LogP contribution in [0.3, 0.4) is 0 Å². The molecule has 0 bridgehead atoms. The van der Waals surface area contributed by atoms with Crippen molar-refractivity contribution in [3.05, 3.63) is 46.2 Å². The summed E-state index contributed by atoms with van der Waals surface area (Å²) in [6.07, 6.45) is 7.88. The summed E-state index contributed by atoms with van der Waals surface area (Å²) in [6.45, 7) is 0.416. The SMILES string of the molecule is O=Cc1cc(OCc2ccn(C3CCCC3)n2)ccc1Br. The molecule has 110 valence electrons. The van der Waals surface area contributed by atoms with Crippen molar-refractivity contribution in [1.29, 1.82) is 0 Å². The number of halogens is 1. The lowest BCUT2D eigenvalue weighted by Crippen LogP contribution is -2.06. The van der Waals surface area contributed by atoms with Gasteiger partial charge in [0.05, 0.1) is 11.7 Å². The monoisotopic (exact) mass is 348 g/mol. The van der Waals surface area contributed by atoms with Crippen molar-refractivity contribution < 1.29 is 9.53 Å². The van der Waals surface area contributed by atoms with Crippen LogP contribution in [0.25, 0.3) is 0 Å². The number of hydrogen-bond acceptors (Lipinski definition) is 3. The van der Waals surface area contributed by atoms with Gasteiger partial charge in [-0.1, -0.05) is 28.8 Å². The van der Waals surface area contributed by atoms with E-state index in [0.717, 1.165) is 16.5 Å². The zero-order valence-corrected chi connectivity index (χ0v) is 13.3. The van der Waals surface area contributed by atoms with Gasteiger partial charge in [0.2, 0.25) is 0 Å². The number of aromatic nitrogens is 2. The lowest BCUT2D eigenvalue weighted by Gasteiger charge is -2.09.